The van der Waals surface area contributed by atoms with Crippen LogP contribution < -0.4 is 10.5 Å². The van der Waals surface area contributed by atoms with Gasteiger partial charge in [0.05, 0.1) is 12.8 Å². The van der Waals surface area contributed by atoms with Crippen molar-refractivity contribution in [2.24, 2.45) is 7.05 Å². The highest BCUT2D eigenvalue weighted by Gasteiger charge is 2.37. The van der Waals surface area contributed by atoms with Gasteiger partial charge in [-0.25, -0.2) is 0 Å². The molecule has 102 valence electrons. The molecule has 0 amide bonds. The van der Waals surface area contributed by atoms with E-state index in [9.17, 15) is 13.6 Å². The number of aryl methyl sites for hydroxylation is 1. The van der Waals surface area contributed by atoms with E-state index in [1.165, 1.54) is 15.8 Å². The first kappa shape index (κ1) is 12.0. The van der Waals surface area contributed by atoms with Gasteiger partial charge in [-0.3, -0.25) is 14.5 Å². The van der Waals surface area contributed by atoms with Crippen molar-refractivity contribution in [1.29, 1.82) is 0 Å². The monoisotopic (exact) mass is 271 g/mol. The lowest BCUT2D eigenvalue weighted by atomic mass is 10.4. The van der Waals surface area contributed by atoms with Gasteiger partial charge in [-0.05, 0) is 0 Å². The Morgan fingerprint density at radius 1 is 1.53 bits per heavy atom. The average molecular weight is 271 g/mol. The zero-order valence-corrected chi connectivity index (χ0v) is 10.1. The van der Waals surface area contributed by atoms with Crippen LogP contribution in [0.1, 0.15) is 0 Å². The standard InChI is InChI=1S/C10H11F2N5O2/c1-16-7-6(4-13-16)8(18)15-9(14-7)17-2-3-19-10(11,12)5-17/h4H,2-3,5H2,1H3,(H,14,15,18). The van der Waals surface area contributed by atoms with Gasteiger partial charge in [-0.15, -0.1) is 0 Å². The molecule has 3 heterocycles. The van der Waals surface area contributed by atoms with Crippen LogP contribution in [-0.4, -0.2) is 45.6 Å². The predicted molar refractivity (Wildman–Crippen MR) is 62.2 cm³/mol. The Kier molecular flexibility index (Phi) is 2.52. The van der Waals surface area contributed by atoms with E-state index in [0.29, 0.717) is 11.0 Å². The average Bonchev–Trinajstić information content (AvgIpc) is 2.70. The molecule has 7 nitrogen and oxygen atoms in total. The number of alkyl halides is 2. The van der Waals surface area contributed by atoms with Crippen LogP contribution in [0.25, 0.3) is 11.0 Å². The summed E-state index contributed by atoms with van der Waals surface area (Å²) in [6.45, 7) is -0.526. The fraction of sp³-hybridized carbons (Fsp3) is 0.500. The van der Waals surface area contributed by atoms with Crippen LogP contribution in [0.5, 0.6) is 0 Å². The highest BCUT2D eigenvalue weighted by Crippen LogP contribution is 2.23. The molecule has 1 saturated heterocycles. The summed E-state index contributed by atoms with van der Waals surface area (Å²) in [6.07, 6.45) is -1.85. The summed E-state index contributed by atoms with van der Waals surface area (Å²) < 4.78 is 32.1. The normalized spacial score (nSPS) is 19.0. The Bertz CT molecular complexity index is 680. The van der Waals surface area contributed by atoms with Crippen molar-refractivity contribution in [2.75, 3.05) is 24.6 Å². The SMILES string of the molecule is Cn1ncc2c(=O)[nH]c(N3CCOC(F)(F)C3)nc21. The Labute approximate surface area is 105 Å². The van der Waals surface area contributed by atoms with Crippen molar-refractivity contribution < 1.29 is 13.5 Å². The van der Waals surface area contributed by atoms with Gasteiger partial charge in [-0.1, -0.05) is 0 Å². The van der Waals surface area contributed by atoms with E-state index in [2.05, 4.69) is 19.8 Å². The fourth-order valence-corrected chi connectivity index (χ4v) is 2.00. The molecule has 0 saturated carbocycles. The summed E-state index contributed by atoms with van der Waals surface area (Å²) >= 11 is 0. The number of halogens is 2. The molecule has 0 aliphatic carbocycles. The zero-order valence-electron chi connectivity index (χ0n) is 10.1. The van der Waals surface area contributed by atoms with Crippen LogP contribution in [0.15, 0.2) is 11.0 Å². The van der Waals surface area contributed by atoms with E-state index in [4.69, 9.17) is 0 Å². The number of aromatic amines is 1. The van der Waals surface area contributed by atoms with Crippen LogP contribution in [-0.2, 0) is 11.8 Å². The second kappa shape index (κ2) is 3.98. The lowest BCUT2D eigenvalue weighted by Crippen LogP contribution is -2.47. The van der Waals surface area contributed by atoms with Gasteiger partial charge in [0, 0.05) is 13.6 Å². The topological polar surface area (TPSA) is 76.0 Å². The molecule has 0 radical (unpaired) electrons. The predicted octanol–water partition coefficient (Wildman–Crippen LogP) is 0.0860. The second-order valence-corrected chi connectivity index (χ2v) is 4.30. The summed E-state index contributed by atoms with van der Waals surface area (Å²) in [7, 11) is 1.63. The van der Waals surface area contributed by atoms with E-state index in [-0.39, 0.29) is 19.1 Å². The number of nitrogens with zero attached hydrogens (tertiary/aromatic N) is 4. The van der Waals surface area contributed by atoms with Crippen LogP contribution in [0.3, 0.4) is 0 Å². The van der Waals surface area contributed by atoms with E-state index in [0.717, 1.165) is 0 Å². The molecule has 1 fully saturated rings. The van der Waals surface area contributed by atoms with Crippen LogP contribution in [0, 0.1) is 0 Å². The van der Waals surface area contributed by atoms with E-state index >= 15 is 0 Å². The molecule has 0 bridgehead atoms. The summed E-state index contributed by atoms with van der Waals surface area (Å²) in [4.78, 5) is 19.8. The molecule has 1 aliphatic heterocycles. The Balaban J connectivity index is 2.05. The maximum absolute atomic E-state index is 13.2. The van der Waals surface area contributed by atoms with Crippen molar-refractivity contribution in [2.45, 2.75) is 6.11 Å². The number of anilines is 1. The highest BCUT2D eigenvalue weighted by atomic mass is 19.3. The number of morpholine rings is 1. The zero-order chi connectivity index (χ0) is 13.6. The molecule has 9 heteroatoms. The van der Waals surface area contributed by atoms with Crippen molar-refractivity contribution in [3.63, 3.8) is 0 Å². The summed E-state index contributed by atoms with van der Waals surface area (Å²) in [6, 6.07) is 0. The molecule has 0 spiro atoms. The Morgan fingerprint density at radius 3 is 3.05 bits per heavy atom. The summed E-state index contributed by atoms with van der Waals surface area (Å²) in [5.74, 6) is 0.101. The highest BCUT2D eigenvalue weighted by molar-refractivity contribution is 5.74. The third kappa shape index (κ3) is 2.05. The van der Waals surface area contributed by atoms with Gasteiger partial charge in [0.2, 0.25) is 5.95 Å². The van der Waals surface area contributed by atoms with Crippen molar-refractivity contribution in [3.8, 4) is 0 Å². The maximum atomic E-state index is 13.2. The maximum Gasteiger partial charge on any atom is 0.373 e. The first-order valence-corrected chi connectivity index (χ1v) is 5.65. The minimum absolute atomic E-state index is 0.101. The Morgan fingerprint density at radius 2 is 2.32 bits per heavy atom. The molecule has 19 heavy (non-hydrogen) atoms. The number of hydrogen-bond donors (Lipinski definition) is 1. The Hall–Kier alpha value is -2.03. The lowest BCUT2D eigenvalue weighted by molar-refractivity contribution is -0.240. The smallest absolute Gasteiger partial charge is 0.331 e. The van der Waals surface area contributed by atoms with E-state index in [1.54, 1.807) is 7.05 Å². The van der Waals surface area contributed by atoms with Crippen molar-refractivity contribution in [3.05, 3.63) is 16.6 Å². The number of fused-ring (bicyclic) bond motifs is 1. The van der Waals surface area contributed by atoms with Crippen LogP contribution in [0.2, 0.25) is 0 Å². The first-order chi connectivity index (χ1) is 8.96. The lowest BCUT2D eigenvalue weighted by Gasteiger charge is -2.32. The largest absolute Gasteiger partial charge is 0.373 e. The van der Waals surface area contributed by atoms with Crippen molar-refractivity contribution >= 4 is 17.0 Å². The van der Waals surface area contributed by atoms with Gasteiger partial charge >= 0.3 is 6.11 Å². The molecule has 0 atom stereocenters. The number of aromatic nitrogens is 4. The first-order valence-electron chi connectivity index (χ1n) is 5.65. The van der Waals surface area contributed by atoms with E-state index < -0.39 is 18.2 Å². The molecular formula is C10H11F2N5O2. The third-order valence-electron chi connectivity index (χ3n) is 2.94. The molecule has 2 aromatic rings. The van der Waals surface area contributed by atoms with Crippen LogP contribution in [0.4, 0.5) is 14.7 Å². The second-order valence-electron chi connectivity index (χ2n) is 4.30. The van der Waals surface area contributed by atoms with E-state index in [1.807, 2.05) is 0 Å². The van der Waals surface area contributed by atoms with Gasteiger partial charge < -0.3 is 9.64 Å². The minimum Gasteiger partial charge on any atom is -0.331 e. The molecule has 0 unspecified atom stereocenters. The number of hydrogen-bond acceptors (Lipinski definition) is 5. The number of ether oxygens (including phenoxy) is 1. The number of nitrogens with one attached hydrogen (secondary N) is 1. The molecule has 1 aliphatic rings. The molecule has 0 aromatic carbocycles. The van der Waals surface area contributed by atoms with Gasteiger partial charge in [-0.2, -0.15) is 18.9 Å². The van der Waals surface area contributed by atoms with Crippen LogP contribution >= 0.6 is 0 Å². The molecule has 3 rings (SSSR count). The van der Waals surface area contributed by atoms with Gasteiger partial charge in [0.1, 0.15) is 11.9 Å². The summed E-state index contributed by atoms with van der Waals surface area (Å²) in [5.41, 5.74) is -0.0449. The number of H-pyrrole nitrogens is 1. The minimum atomic E-state index is -3.24. The number of rotatable bonds is 1. The van der Waals surface area contributed by atoms with Gasteiger partial charge in [0.15, 0.2) is 5.65 Å². The molecule has 1 N–H and O–H groups in total. The molecule has 2 aromatic heterocycles. The molecular weight excluding hydrogens is 260 g/mol. The quantitative estimate of drug-likeness (QED) is 0.795. The summed E-state index contributed by atoms with van der Waals surface area (Å²) in [5, 5.41) is 4.24. The van der Waals surface area contributed by atoms with Gasteiger partial charge in [0.25, 0.3) is 5.56 Å². The third-order valence-corrected chi connectivity index (χ3v) is 2.94. The fourth-order valence-electron chi connectivity index (χ4n) is 2.00. The van der Waals surface area contributed by atoms with Crippen molar-refractivity contribution in [1.82, 2.24) is 19.7 Å².